The molecule has 0 saturated carbocycles. The second kappa shape index (κ2) is 11.4. The number of nitrogens with zero attached hydrogens (tertiary/aromatic N) is 1. The first kappa shape index (κ1) is 25.8. The van der Waals surface area contributed by atoms with Crippen molar-refractivity contribution in [3.63, 3.8) is 0 Å². The molecule has 2 aromatic carbocycles. The highest BCUT2D eigenvalue weighted by molar-refractivity contribution is 7.99. The molecule has 0 spiro atoms. The Morgan fingerprint density at radius 3 is 2.41 bits per heavy atom. The molecule has 0 fully saturated rings. The molecular formula is C25H31ClN2O3S. The Kier molecular flexibility index (Phi) is 9.22. The molecule has 0 atom stereocenters. The van der Waals surface area contributed by atoms with Crippen molar-refractivity contribution < 1.29 is 14.3 Å². The normalized spacial score (nSPS) is 13.4. The van der Waals surface area contributed by atoms with Gasteiger partial charge >= 0.3 is 6.09 Å². The Bertz CT molecular complexity index is 968. The van der Waals surface area contributed by atoms with Gasteiger partial charge in [-0.05, 0) is 68.2 Å². The third-order valence-electron chi connectivity index (χ3n) is 4.62. The van der Waals surface area contributed by atoms with Crippen molar-refractivity contribution >= 4 is 46.6 Å². The molecule has 0 aromatic heterocycles. The summed E-state index contributed by atoms with van der Waals surface area (Å²) in [5, 5.41) is 0.707. The van der Waals surface area contributed by atoms with Crippen LogP contribution in [0.3, 0.4) is 0 Å². The summed E-state index contributed by atoms with van der Waals surface area (Å²) in [5.74, 6) is 0.979. The van der Waals surface area contributed by atoms with E-state index in [9.17, 15) is 9.59 Å². The van der Waals surface area contributed by atoms with E-state index in [-0.39, 0.29) is 5.91 Å². The lowest BCUT2D eigenvalue weighted by Crippen LogP contribution is -2.30. The number of benzene rings is 2. The van der Waals surface area contributed by atoms with Gasteiger partial charge in [-0.2, -0.15) is 0 Å². The number of rotatable bonds is 4. The van der Waals surface area contributed by atoms with Gasteiger partial charge in [0, 0.05) is 22.1 Å². The molecule has 7 heteroatoms. The highest BCUT2D eigenvalue weighted by Gasteiger charge is 2.23. The van der Waals surface area contributed by atoms with E-state index in [1.165, 1.54) is 0 Å². The average molecular weight is 475 g/mol. The molecule has 2 aromatic rings. The highest BCUT2D eigenvalue weighted by Crippen LogP contribution is 2.37. The van der Waals surface area contributed by atoms with Crippen molar-refractivity contribution in [2.24, 2.45) is 5.73 Å². The van der Waals surface area contributed by atoms with Gasteiger partial charge in [0.25, 0.3) is 0 Å². The number of carbonyl (C=O) groups is 2. The summed E-state index contributed by atoms with van der Waals surface area (Å²) in [6.45, 7) is 12.1. The van der Waals surface area contributed by atoms with E-state index in [2.05, 4.69) is 36.4 Å². The number of ether oxygens (including phenoxy) is 1. The van der Waals surface area contributed by atoms with E-state index < -0.39 is 11.7 Å². The van der Waals surface area contributed by atoms with Crippen LogP contribution in [0.4, 0.5) is 10.5 Å². The van der Waals surface area contributed by atoms with Crippen molar-refractivity contribution in [1.29, 1.82) is 0 Å². The first-order valence-corrected chi connectivity index (χ1v) is 11.8. The fraction of sp³-hybridized carbons (Fsp3) is 0.360. The van der Waals surface area contributed by atoms with Gasteiger partial charge in [-0.25, -0.2) is 4.79 Å². The van der Waals surface area contributed by atoms with Gasteiger partial charge in [-0.3, -0.25) is 4.79 Å². The minimum absolute atomic E-state index is 0.162. The number of carbonyl (C=O) groups excluding carboxylic acids is 2. The number of hydrogen-bond acceptors (Lipinski definition) is 4. The van der Waals surface area contributed by atoms with Crippen molar-refractivity contribution in [1.82, 2.24) is 0 Å². The number of allylic oxidation sites excluding steroid dienone is 1. The van der Waals surface area contributed by atoms with Crippen LogP contribution in [-0.2, 0) is 16.1 Å². The second-order valence-electron chi connectivity index (χ2n) is 8.38. The van der Waals surface area contributed by atoms with Crippen LogP contribution in [-0.4, -0.2) is 23.4 Å². The van der Waals surface area contributed by atoms with Crippen LogP contribution in [0.2, 0.25) is 5.02 Å². The summed E-state index contributed by atoms with van der Waals surface area (Å²) < 4.78 is 4.58. The number of halogens is 1. The van der Waals surface area contributed by atoms with Crippen molar-refractivity contribution in [2.75, 3.05) is 10.7 Å². The largest absolute Gasteiger partial charge is 0.444 e. The molecule has 5 nitrogen and oxygen atoms in total. The van der Waals surface area contributed by atoms with Crippen LogP contribution in [0, 0.1) is 0 Å². The Hall–Kier alpha value is -2.44. The fourth-order valence-electron chi connectivity index (χ4n) is 3.04. The summed E-state index contributed by atoms with van der Waals surface area (Å²) in [6, 6.07) is 14.0. The van der Waals surface area contributed by atoms with Crippen LogP contribution < -0.4 is 10.6 Å². The summed E-state index contributed by atoms with van der Waals surface area (Å²) >= 11 is 7.71. The van der Waals surface area contributed by atoms with Gasteiger partial charge in [0.2, 0.25) is 5.91 Å². The molecule has 0 saturated heterocycles. The lowest BCUT2D eigenvalue weighted by atomic mass is 10.0. The number of hydrogen-bond donors (Lipinski definition) is 1. The predicted octanol–water partition coefficient (Wildman–Crippen LogP) is 6.67. The van der Waals surface area contributed by atoms with Gasteiger partial charge in [-0.1, -0.05) is 43.3 Å². The van der Waals surface area contributed by atoms with Crippen LogP contribution in [0.5, 0.6) is 0 Å². The van der Waals surface area contributed by atoms with E-state index in [4.69, 9.17) is 17.3 Å². The third kappa shape index (κ3) is 7.92. The summed E-state index contributed by atoms with van der Waals surface area (Å²) in [5.41, 5.74) is 8.52. The Morgan fingerprint density at radius 2 is 1.88 bits per heavy atom. The van der Waals surface area contributed by atoms with E-state index in [0.29, 0.717) is 18.0 Å². The van der Waals surface area contributed by atoms with E-state index >= 15 is 0 Å². The zero-order valence-electron chi connectivity index (χ0n) is 19.1. The Balaban J connectivity index is 0.000000390. The number of anilines is 1. The van der Waals surface area contributed by atoms with Gasteiger partial charge in [-0.15, -0.1) is 11.8 Å². The lowest BCUT2D eigenvalue weighted by Gasteiger charge is -2.24. The molecule has 0 unspecified atom stereocenters. The number of nitrogens with two attached hydrogens (primary N) is 1. The topological polar surface area (TPSA) is 72.6 Å². The van der Waals surface area contributed by atoms with Gasteiger partial charge < -0.3 is 15.4 Å². The Labute approximate surface area is 200 Å². The predicted molar refractivity (Wildman–Crippen MR) is 134 cm³/mol. The highest BCUT2D eigenvalue weighted by atomic mass is 35.5. The van der Waals surface area contributed by atoms with Crippen LogP contribution >= 0.6 is 23.4 Å². The van der Waals surface area contributed by atoms with Gasteiger partial charge in [0.05, 0.1) is 12.2 Å². The van der Waals surface area contributed by atoms with E-state index in [0.717, 1.165) is 39.5 Å². The van der Waals surface area contributed by atoms with Crippen molar-refractivity contribution in [3.8, 4) is 0 Å². The molecule has 32 heavy (non-hydrogen) atoms. The molecule has 0 bridgehead atoms. The van der Waals surface area contributed by atoms with Crippen molar-refractivity contribution in [2.45, 2.75) is 57.6 Å². The summed E-state index contributed by atoms with van der Waals surface area (Å²) in [4.78, 5) is 25.7. The zero-order valence-corrected chi connectivity index (χ0v) is 20.7. The molecule has 2 N–H and O–H groups in total. The maximum Gasteiger partial charge on any atom is 0.405 e. The smallest absolute Gasteiger partial charge is 0.405 e. The second-order valence-corrected chi connectivity index (χ2v) is 9.95. The van der Waals surface area contributed by atoms with Crippen molar-refractivity contribution in [3.05, 3.63) is 65.2 Å². The third-order valence-corrected chi connectivity index (χ3v) is 5.94. The monoisotopic (exact) mass is 474 g/mol. The van der Waals surface area contributed by atoms with Crippen LogP contribution in [0.15, 0.2) is 53.9 Å². The Morgan fingerprint density at radius 1 is 1.22 bits per heavy atom. The quantitative estimate of drug-likeness (QED) is 0.536. The molecule has 3 rings (SSSR count). The molecule has 1 aliphatic rings. The van der Waals surface area contributed by atoms with Crippen LogP contribution in [0.25, 0.3) is 5.57 Å². The molecule has 1 aliphatic heterocycles. The van der Waals surface area contributed by atoms with E-state index in [1.54, 1.807) is 32.5 Å². The lowest BCUT2D eigenvalue weighted by molar-refractivity contribution is -0.118. The summed E-state index contributed by atoms with van der Waals surface area (Å²) in [7, 11) is 0. The average Bonchev–Trinajstić information content (AvgIpc) is 2.86. The fourth-order valence-corrected chi connectivity index (χ4v) is 4.14. The standard InChI is InChI=1S/C20H20ClNOS.C5H11NO2/c1-3-14(2)16-6-9-19-18(12-16)22(20(23)10-11-24-19)13-15-4-7-17(21)8-5-15;1-5(2,3)8-4(6)7/h4-9,12H,2-3,10-11,13H2,1H3;1-3H3,(H2,6,7). The molecule has 0 radical (unpaired) electrons. The van der Waals surface area contributed by atoms with Gasteiger partial charge in [0.1, 0.15) is 5.60 Å². The number of thioether (sulfide) groups is 1. The molecule has 172 valence electrons. The maximum absolute atomic E-state index is 12.7. The van der Waals surface area contributed by atoms with Gasteiger partial charge in [0.15, 0.2) is 0 Å². The zero-order chi connectivity index (χ0) is 23.9. The maximum atomic E-state index is 12.7. The molecular weight excluding hydrogens is 444 g/mol. The minimum Gasteiger partial charge on any atom is -0.444 e. The number of amides is 2. The molecule has 2 amide bonds. The number of primary amides is 1. The molecule has 0 aliphatic carbocycles. The minimum atomic E-state index is -0.725. The SMILES string of the molecule is C=C(CC)c1ccc2c(c1)N(Cc1ccc(Cl)cc1)C(=O)CCS2.CC(C)(C)OC(N)=O. The number of fused-ring (bicyclic) bond motifs is 1. The summed E-state index contributed by atoms with van der Waals surface area (Å²) in [6.07, 6.45) is 0.728. The first-order valence-electron chi connectivity index (χ1n) is 10.5. The van der Waals surface area contributed by atoms with Crippen LogP contribution in [0.1, 0.15) is 51.7 Å². The molecule has 1 heterocycles. The van der Waals surface area contributed by atoms with E-state index in [1.807, 2.05) is 29.2 Å². The first-order chi connectivity index (χ1) is 15.0.